The van der Waals surface area contributed by atoms with Crippen LogP contribution in [-0.4, -0.2) is 6.54 Å². The third-order valence-electron chi connectivity index (χ3n) is 2.18. The molecular formula is C8H10ClNO. The molecule has 2 nitrogen and oxygen atoms in total. The van der Waals surface area contributed by atoms with E-state index in [9.17, 15) is 0 Å². The van der Waals surface area contributed by atoms with Gasteiger partial charge in [-0.1, -0.05) is 0 Å². The highest BCUT2D eigenvalue weighted by Crippen LogP contribution is 2.47. The van der Waals surface area contributed by atoms with Gasteiger partial charge in [-0.2, -0.15) is 0 Å². The monoisotopic (exact) mass is 171 g/mol. The molecule has 11 heavy (non-hydrogen) atoms. The zero-order chi connectivity index (χ0) is 7.84. The maximum atomic E-state index is 5.63. The minimum Gasteiger partial charge on any atom is -0.449 e. The van der Waals surface area contributed by atoms with Crippen LogP contribution in [0.4, 0.5) is 0 Å². The maximum Gasteiger partial charge on any atom is 0.193 e. The third kappa shape index (κ3) is 1.28. The van der Waals surface area contributed by atoms with Crippen molar-refractivity contribution in [1.29, 1.82) is 0 Å². The van der Waals surface area contributed by atoms with Gasteiger partial charge in [0.15, 0.2) is 5.22 Å². The van der Waals surface area contributed by atoms with Gasteiger partial charge in [0, 0.05) is 5.92 Å². The van der Waals surface area contributed by atoms with Gasteiger partial charge in [-0.25, -0.2) is 0 Å². The van der Waals surface area contributed by atoms with E-state index in [4.69, 9.17) is 21.8 Å². The molecule has 0 spiro atoms. The second kappa shape index (κ2) is 2.54. The highest BCUT2D eigenvalue weighted by atomic mass is 35.5. The predicted molar refractivity (Wildman–Crippen MR) is 43.6 cm³/mol. The molecular weight excluding hydrogens is 162 g/mol. The molecule has 0 bridgehead atoms. The summed E-state index contributed by atoms with van der Waals surface area (Å²) in [6.07, 6.45) is 1.15. The highest BCUT2D eigenvalue weighted by molar-refractivity contribution is 6.28. The van der Waals surface area contributed by atoms with E-state index in [1.165, 1.54) is 0 Å². The van der Waals surface area contributed by atoms with Gasteiger partial charge in [-0.15, -0.1) is 0 Å². The van der Waals surface area contributed by atoms with Gasteiger partial charge < -0.3 is 10.2 Å². The fraction of sp³-hybridized carbons (Fsp3) is 0.500. The third-order valence-corrected chi connectivity index (χ3v) is 2.39. The molecule has 1 heterocycles. The van der Waals surface area contributed by atoms with Crippen LogP contribution >= 0.6 is 11.6 Å². The topological polar surface area (TPSA) is 39.2 Å². The Hall–Kier alpha value is -0.470. The zero-order valence-electron chi connectivity index (χ0n) is 6.09. The molecule has 0 saturated heterocycles. The lowest BCUT2D eigenvalue weighted by molar-refractivity contribution is 0.505. The Morgan fingerprint density at radius 1 is 1.64 bits per heavy atom. The van der Waals surface area contributed by atoms with Crippen LogP contribution in [0.15, 0.2) is 16.5 Å². The molecule has 0 aliphatic heterocycles. The summed E-state index contributed by atoms with van der Waals surface area (Å²) >= 11 is 5.63. The van der Waals surface area contributed by atoms with Gasteiger partial charge in [0.2, 0.25) is 0 Å². The van der Waals surface area contributed by atoms with Gasteiger partial charge >= 0.3 is 0 Å². The molecule has 1 aromatic heterocycles. The highest BCUT2D eigenvalue weighted by Gasteiger charge is 2.39. The molecule has 1 fully saturated rings. The molecule has 2 rings (SSSR count). The first-order chi connectivity index (χ1) is 5.31. The second-order valence-corrected chi connectivity index (χ2v) is 3.35. The van der Waals surface area contributed by atoms with Crippen LogP contribution < -0.4 is 5.73 Å². The normalized spacial score (nSPS) is 28.9. The first-order valence-electron chi connectivity index (χ1n) is 3.76. The largest absolute Gasteiger partial charge is 0.449 e. The number of halogens is 1. The van der Waals surface area contributed by atoms with Crippen molar-refractivity contribution in [3.05, 3.63) is 23.1 Å². The molecule has 1 aliphatic carbocycles. The fourth-order valence-electron chi connectivity index (χ4n) is 1.38. The van der Waals surface area contributed by atoms with Crippen molar-refractivity contribution in [1.82, 2.24) is 0 Å². The van der Waals surface area contributed by atoms with Crippen molar-refractivity contribution < 1.29 is 4.42 Å². The molecule has 0 amide bonds. The minimum absolute atomic E-state index is 0.475. The molecule has 2 unspecified atom stereocenters. The van der Waals surface area contributed by atoms with Crippen LogP contribution in [0.5, 0.6) is 0 Å². The lowest BCUT2D eigenvalue weighted by atomic mass is 10.2. The van der Waals surface area contributed by atoms with Gasteiger partial charge in [-0.3, -0.25) is 0 Å². The molecule has 1 saturated carbocycles. The lowest BCUT2D eigenvalue weighted by Crippen LogP contribution is -2.01. The maximum absolute atomic E-state index is 5.63. The Kier molecular flexibility index (Phi) is 1.66. The van der Waals surface area contributed by atoms with Crippen LogP contribution in [0, 0.1) is 5.92 Å². The van der Waals surface area contributed by atoms with Crippen LogP contribution in [0.25, 0.3) is 0 Å². The number of furan rings is 1. The summed E-state index contributed by atoms with van der Waals surface area (Å²) in [5.74, 6) is 2.15. The Morgan fingerprint density at radius 3 is 2.91 bits per heavy atom. The fourth-order valence-corrected chi connectivity index (χ4v) is 1.54. The summed E-state index contributed by atoms with van der Waals surface area (Å²) in [6, 6.07) is 3.71. The lowest BCUT2D eigenvalue weighted by Gasteiger charge is -1.90. The number of nitrogens with two attached hydrogens (primary N) is 1. The van der Waals surface area contributed by atoms with Crippen molar-refractivity contribution in [3.63, 3.8) is 0 Å². The molecule has 3 heteroatoms. The van der Waals surface area contributed by atoms with Crippen LogP contribution in [0.3, 0.4) is 0 Å². The van der Waals surface area contributed by atoms with Crippen molar-refractivity contribution >= 4 is 11.6 Å². The molecule has 1 aromatic rings. The molecule has 60 valence electrons. The first-order valence-corrected chi connectivity index (χ1v) is 4.14. The first kappa shape index (κ1) is 7.19. The Labute approximate surface area is 70.3 Å². The average molecular weight is 172 g/mol. The Bertz CT molecular complexity index is 258. The summed E-state index contributed by atoms with van der Waals surface area (Å²) in [5.41, 5.74) is 5.49. The summed E-state index contributed by atoms with van der Waals surface area (Å²) in [4.78, 5) is 0. The van der Waals surface area contributed by atoms with Gasteiger partial charge in [-0.05, 0) is 42.6 Å². The van der Waals surface area contributed by atoms with E-state index in [1.54, 1.807) is 6.07 Å². The summed E-state index contributed by atoms with van der Waals surface area (Å²) < 4.78 is 5.25. The number of hydrogen-bond acceptors (Lipinski definition) is 2. The van der Waals surface area contributed by atoms with Gasteiger partial charge in [0.05, 0.1) is 0 Å². The van der Waals surface area contributed by atoms with E-state index < -0.39 is 0 Å². The quantitative estimate of drug-likeness (QED) is 0.739. The van der Waals surface area contributed by atoms with Crippen molar-refractivity contribution in [2.24, 2.45) is 11.7 Å². The standard InChI is InChI=1S/C8H10ClNO/c9-8-2-1-7(11-8)6-3-5(6)4-10/h1-2,5-6H,3-4,10H2. The van der Waals surface area contributed by atoms with Gasteiger partial charge in [0.25, 0.3) is 0 Å². The zero-order valence-corrected chi connectivity index (χ0v) is 6.84. The predicted octanol–water partition coefficient (Wildman–Crippen LogP) is 2.00. The Balaban J connectivity index is 2.08. The number of hydrogen-bond donors (Lipinski definition) is 1. The number of rotatable bonds is 2. The van der Waals surface area contributed by atoms with Crippen LogP contribution in [0.2, 0.25) is 5.22 Å². The van der Waals surface area contributed by atoms with E-state index in [0.717, 1.165) is 18.7 Å². The minimum atomic E-state index is 0.475. The van der Waals surface area contributed by atoms with Crippen molar-refractivity contribution in [2.45, 2.75) is 12.3 Å². The molecule has 0 aromatic carbocycles. The van der Waals surface area contributed by atoms with Gasteiger partial charge in [0.1, 0.15) is 5.76 Å². The second-order valence-electron chi connectivity index (χ2n) is 2.98. The molecule has 2 atom stereocenters. The van der Waals surface area contributed by atoms with Crippen LogP contribution in [0.1, 0.15) is 18.1 Å². The van der Waals surface area contributed by atoms with Crippen LogP contribution in [-0.2, 0) is 0 Å². The Morgan fingerprint density at radius 2 is 2.45 bits per heavy atom. The van der Waals surface area contributed by atoms with E-state index in [-0.39, 0.29) is 0 Å². The van der Waals surface area contributed by atoms with Crippen molar-refractivity contribution in [2.75, 3.05) is 6.54 Å². The van der Waals surface area contributed by atoms with E-state index in [2.05, 4.69) is 0 Å². The van der Waals surface area contributed by atoms with E-state index in [1.807, 2.05) is 6.07 Å². The summed E-state index contributed by atoms with van der Waals surface area (Å²) in [6.45, 7) is 0.753. The molecule has 0 radical (unpaired) electrons. The summed E-state index contributed by atoms with van der Waals surface area (Å²) in [7, 11) is 0. The average Bonchev–Trinajstić information content (AvgIpc) is 2.68. The van der Waals surface area contributed by atoms with E-state index in [0.29, 0.717) is 17.1 Å². The van der Waals surface area contributed by atoms with E-state index >= 15 is 0 Å². The van der Waals surface area contributed by atoms with Crippen molar-refractivity contribution in [3.8, 4) is 0 Å². The smallest absolute Gasteiger partial charge is 0.193 e. The summed E-state index contributed by atoms with van der Waals surface area (Å²) in [5, 5.41) is 0.475. The molecule has 1 aliphatic rings. The SMILES string of the molecule is NCC1CC1c1ccc(Cl)o1. The molecule has 2 N–H and O–H groups in total.